The van der Waals surface area contributed by atoms with Crippen molar-refractivity contribution < 1.29 is 9.47 Å². The molecule has 3 heteroatoms. The SMILES string of the molecule is CCCC1OC2(CC(C)(C)N(C)C(C)(C)C2)OCC1CC. The van der Waals surface area contributed by atoms with E-state index in [1.165, 1.54) is 6.42 Å². The summed E-state index contributed by atoms with van der Waals surface area (Å²) in [5.74, 6) is 0.173. The predicted octanol–water partition coefficient (Wildman–Crippen LogP) is 4.21. The normalized spacial score (nSPS) is 35.0. The lowest BCUT2D eigenvalue weighted by molar-refractivity contribution is -0.348. The van der Waals surface area contributed by atoms with Gasteiger partial charge < -0.3 is 9.47 Å². The summed E-state index contributed by atoms with van der Waals surface area (Å²) < 4.78 is 13.0. The Hall–Kier alpha value is -0.120. The van der Waals surface area contributed by atoms with E-state index < -0.39 is 0 Å². The highest BCUT2D eigenvalue weighted by Crippen LogP contribution is 2.48. The second kappa shape index (κ2) is 5.82. The van der Waals surface area contributed by atoms with Gasteiger partial charge in [0.15, 0.2) is 5.79 Å². The van der Waals surface area contributed by atoms with Crippen molar-refractivity contribution in [3.63, 3.8) is 0 Å². The van der Waals surface area contributed by atoms with Gasteiger partial charge in [0.25, 0.3) is 0 Å². The summed E-state index contributed by atoms with van der Waals surface area (Å²) in [6.45, 7) is 14.6. The van der Waals surface area contributed by atoms with Gasteiger partial charge in [-0.1, -0.05) is 20.3 Å². The van der Waals surface area contributed by atoms with Gasteiger partial charge in [-0.15, -0.1) is 0 Å². The summed E-state index contributed by atoms with van der Waals surface area (Å²) >= 11 is 0. The van der Waals surface area contributed by atoms with Crippen molar-refractivity contribution in [1.29, 1.82) is 0 Å². The first kappa shape index (κ1) is 17.2. The standard InChI is InChI=1S/C18H35NO2/c1-8-10-15-14(9-2)11-20-18(21-15)12-16(3,4)19(7)17(5,6)13-18/h14-15H,8-13H2,1-7H3. The van der Waals surface area contributed by atoms with Crippen molar-refractivity contribution in [2.24, 2.45) is 5.92 Å². The Bertz CT molecular complexity index is 346. The maximum Gasteiger partial charge on any atom is 0.172 e. The van der Waals surface area contributed by atoms with Gasteiger partial charge in [0, 0.05) is 29.8 Å². The molecule has 2 fully saturated rings. The highest BCUT2D eigenvalue weighted by molar-refractivity contribution is 5.04. The first-order valence-electron chi connectivity index (χ1n) is 8.71. The van der Waals surface area contributed by atoms with Crippen LogP contribution in [0.5, 0.6) is 0 Å². The number of nitrogens with zero attached hydrogens (tertiary/aromatic N) is 1. The van der Waals surface area contributed by atoms with Crippen LogP contribution in [0.15, 0.2) is 0 Å². The van der Waals surface area contributed by atoms with Crippen LogP contribution in [0.1, 0.15) is 73.6 Å². The minimum atomic E-state index is -0.384. The lowest BCUT2D eigenvalue weighted by atomic mass is 9.75. The maximum atomic E-state index is 6.63. The monoisotopic (exact) mass is 297 g/mol. The van der Waals surface area contributed by atoms with Crippen LogP contribution in [0.3, 0.4) is 0 Å². The van der Waals surface area contributed by atoms with Crippen molar-refractivity contribution in [1.82, 2.24) is 4.90 Å². The zero-order valence-electron chi connectivity index (χ0n) is 15.2. The molecule has 0 bridgehead atoms. The Balaban J connectivity index is 2.22. The topological polar surface area (TPSA) is 21.7 Å². The summed E-state index contributed by atoms with van der Waals surface area (Å²) in [4.78, 5) is 2.48. The Labute approximate surface area is 131 Å². The Kier molecular flexibility index (Phi) is 4.78. The molecular formula is C18H35NO2. The van der Waals surface area contributed by atoms with E-state index in [2.05, 4.69) is 53.5 Å². The molecule has 0 radical (unpaired) electrons. The number of hydrogen-bond donors (Lipinski definition) is 0. The van der Waals surface area contributed by atoms with Crippen molar-refractivity contribution in [3.05, 3.63) is 0 Å². The molecule has 0 N–H and O–H groups in total. The van der Waals surface area contributed by atoms with Crippen LogP contribution in [0.2, 0.25) is 0 Å². The highest BCUT2D eigenvalue weighted by Gasteiger charge is 2.55. The van der Waals surface area contributed by atoms with Crippen LogP contribution in [-0.4, -0.2) is 41.5 Å². The van der Waals surface area contributed by atoms with Crippen LogP contribution < -0.4 is 0 Å². The fraction of sp³-hybridized carbons (Fsp3) is 1.00. The van der Waals surface area contributed by atoms with E-state index in [9.17, 15) is 0 Å². The summed E-state index contributed by atoms with van der Waals surface area (Å²) in [5.41, 5.74) is 0.190. The van der Waals surface area contributed by atoms with E-state index in [0.29, 0.717) is 12.0 Å². The summed E-state index contributed by atoms with van der Waals surface area (Å²) in [6.07, 6.45) is 5.76. The largest absolute Gasteiger partial charge is 0.349 e. The molecule has 0 aromatic heterocycles. The van der Waals surface area contributed by atoms with Gasteiger partial charge in [-0.3, -0.25) is 4.90 Å². The molecule has 124 valence electrons. The minimum Gasteiger partial charge on any atom is -0.349 e. The lowest BCUT2D eigenvalue weighted by Crippen LogP contribution is -2.67. The molecule has 2 saturated heterocycles. The zero-order chi connectivity index (χ0) is 15.9. The molecule has 2 atom stereocenters. The molecule has 2 unspecified atom stereocenters. The molecule has 0 aromatic carbocycles. The van der Waals surface area contributed by atoms with E-state index in [-0.39, 0.29) is 16.9 Å². The van der Waals surface area contributed by atoms with Crippen LogP contribution in [-0.2, 0) is 9.47 Å². The Morgan fingerprint density at radius 1 is 1.05 bits per heavy atom. The lowest BCUT2D eigenvalue weighted by Gasteiger charge is -2.59. The second-order valence-corrected chi connectivity index (χ2v) is 8.37. The number of ether oxygens (including phenoxy) is 2. The molecule has 2 rings (SSSR count). The first-order chi connectivity index (χ1) is 9.66. The first-order valence-corrected chi connectivity index (χ1v) is 8.71. The molecule has 0 saturated carbocycles. The van der Waals surface area contributed by atoms with E-state index in [1.807, 2.05) is 0 Å². The van der Waals surface area contributed by atoms with Gasteiger partial charge in [0.2, 0.25) is 0 Å². The smallest absolute Gasteiger partial charge is 0.172 e. The van der Waals surface area contributed by atoms with Crippen LogP contribution in [0.25, 0.3) is 0 Å². The van der Waals surface area contributed by atoms with Crippen molar-refractivity contribution in [2.75, 3.05) is 13.7 Å². The maximum absolute atomic E-state index is 6.63. The van der Waals surface area contributed by atoms with E-state index >= 15 is 0 Å². The Morgan fingerprint density at radius 2 is 1.62 bits per heavy atom. The van der Waals surface area contributed by atoms with Crippen LogP contribution in [0.4, 0.5) is 0 Å². The number of likely N-dealkylation sites (tertiary alicyclic amines) is 1. The number of piperidine rings is 1. The molecule has 2 aliphatic rings. The highest BCUT2D eigenvalue weighted by atomic mass is 16.7. The van der Waals surface area contributed by atoms with Gasteiger partial charge in [-0.05, 0) is 47.6 Å². The minimum absolute atomic E-state index is 0.0948. The zero-order valence-corrected chi connectivity index (χ0v) is 15.2. The summed E-state index contributed by atoms with van der Waals surface area (Å²) in [6, 6.07) is 0. The molecule has 0 amide bonds. The van der Waals surface area contributed by atoms with Crippen molar-refractivity contribution >= 4 is 0 Å². The molecule has 21 heavy (non-hydrogen) atoms. The predicted molar refractivity (Wildman–Crippen MR) is 87.4 cm³/mol. The summed E-state index contributed by atoms with van der Waals surface area (Å²) in [7, 11) is 2.23. The van der Waals surface area contributed by atoms with Gasteiger partial charge >= 0.3 is 0 Å². The molecule has 2 aliphatic heterocycles. The van der Waals surface area contributed by atoms with Gasteiger partial charge in [0.1, 0.15) is 0 Å². The van der Waals surface area contributed by atoms with E-state index in [1.54, 1.807) is 0 Å². The summed E-state index contributed by atoms with van der Waals surface area (Å²) in [5, 5.41) is 0. The Morgan fingerprint density at radius 3 is 2.10 bits per heavy atom. The van der Waals surface area contributed by atoms with E-state index in [0.717, 1.165) is 32.3 Å². The quantitative estimate of drug-likeness (QED) is 0.779. The molecular weight excluding hydrogens is 262 g/mol. The third kappa shape index (κ3) is 3.30. The van der Waals surface area contributed by atoms with Gasteiger partial charge in [0.05, 0.1) is 12.7 Å². The third-order valence-electron chi connectivity index (χ3n) is 5.77. The van der Waals surface area contributed by atoms with Gasteiger partial charge in [-0.2, -0.15) is 0 Å². The van der Waals surface area contributed by atoms with Crippen molar-refractivity contribution in [3.8, 4) is 0 Å². The fourth-order valence-electron chi connectivity index (χ4n) is 4.35. The van der Waals surface area contributed by atoms with Crippen LogP contribution in [0, 0.1) is 5.92 Å². The van der Waals surface area contributed by atoms with Crippen LogP contribution >= 0.6 is 0 Å². The van der Waals surface area contributed by atoms with Crippen molar-refractivity contribution in [2.45, 2.75) is 96.6 Å². The molecule has 0 aromatic rings. The number of hydrogen-bond acceptors (Lipinski definition) is 3. The average Bonchev–Trinajstić information content (AvgIpc) is 2.36. The second-order valence-electron chi connectivity index (χ2n) is 8.37. The molecule has 3 nitrogen and oxygen atoms in total. The molecule has 1 spiro atoms. The molecule has 0 aliphatic carbocycles. The van der Waals surface area contributed by atoms with Gasteiger partial charge in [-0.25, -0.2) is 0 Å². The fourth-order valence-corrected chi connectivity index (χ4v) is 4.35. The third-order valence-corrected chi connectivity index (χ3v) is 5.77. The van der Waals surface area contributed by atoms with E-state index in [4.69, 9.17) is 9.47 Å². The number of rotatable bonds is 3. The average molecular weight is 297 g/mol. The molecule has 2 heterocycles.